The molecule has 1 aromatic rings. The van der Waals surface area contributed by atoms with Gasteiger partial charge in [0.15, 0.2) is 5.82 Å². The zero-order valence-corrected chi connectivity index (χ0v) is 7.64. The molecule has 14 heavy (non-hydrogen) atoms. The summed E-state index contributed by atoms with van der Waals surface area (Å²) in [5, 5.41) is 1.20. The number of hydrogen-bond donors (Lipinski definition) is 0. The van der Waals surface area contributed by atoms with Gasteiger partial charge in [0.2, 0.25) is 0 Å². The molecule has 0 aliphatic heterocycles. The smallest absolute Gasteiger partial charge is 0.236 e. The quantitative estimate of drug-likeness (QED) is 0.563. The molecule has 0 radical (unpaired) electrons. The lowest BCUT2D eigenvalue weighted by Crippen LogP contribution is -2.07. The monoisotopic (exact) mass is 218 g/mol. The second kappa shape index (κ2) is 4.28. The minimum atomic E-state index is -4.44. The molecule has 0 unspecified atom stereocenters. The Bertz CT molecular complexity index is 360. The van der Waals surface area contributed by atoms with E-state index in [-0.39, 0.29) is 5.82 Å². The summed E-state index contributed by atoms with van der Waals surface area (Å²) >= 11 is 4.43. The van der Waals surface area contributed by atoms with Crippen LogP contribution < -0.4 is 0 Å². The van der Waals surface area contributed by atoms with E-state index in [1.165, 1.54) is 23.7 Å². The van der Waals surface area contributed by atoms with Crippen molar-refractivity contribution in [2.75, 3.05) is 0 Å². The van der Waals surface area contributed by atoms with Crippen LogP contribution in [0.2, 0.25) is 0 Å². The van der Waals surface area contributed by atoms with Crippen LogP contribution in [0, 0.1) is 0 Å². The first-order valence-corrected chi connectivity index (χ1v) is 4.03. The van der Waals surface area contributed by atoms with Crippen LogP contribution in [0.1, 0.15) is 5.69 Å². The fourth-order valence-corrected chi connectivity index (χ4v) is 0.821. The number of halogens is 3. The molecule has 0 saturated heterocycles. The van der Waals surface area contributed by atoms with Crippen molar-refractivity contribution in [1.82, 2.24) is 4.98 Å². The highest BCUT2D eigenvalue weighted by Crippen LogP contribution is 2.28. The summed E-state index contributed by atoms with van der Waals surface area (Å²) in [6, 6.07) is 3.49. The second-order valence-electron chi connectivity index (χ2n) is 2.29. The summed E-state index contributed by atoms with van der Waals surface area (Å²) in [5.74, 6) is -0.0130. The number of nitrogens with zero attached hydrogens (tertiary/aromatic N) is 2. The average molecular weight is 218 g/mol. The minimum absolute atomic E-state index is 0.0130. The Morgan fingerprint density at radius 2 is 2.07 bits per heavy atom. The predicted octanol–water partition coefficient (Wildman–Crippen LogP) is 2.80. The summed E-state index contributed by atoms with van der Waals surface area (Å²) in [6.07, 6.45) is -3.24. The van der Waals surface area contributed by atoms with Crippen LogP contribution in [0.25, 0.3) is 0 Å². The molecule has 0 aliphatic carbocycles. The van der Waals surface area contributed by atoms with Crippen molar-refractivity contribution in [2.45, 2.75) is 6.18 Å². The van der Waals surface area contributed by atoms with Crippen LogP contribution in [0.3, 0.4) is 0 Å². The molecule has 74 valence electrons. The molecule has 2 nitrogen and oxygen atoms in total. The topological polar surface area (TPSA) is 25.2 Å². The highest BCUT2D eigenvalue weighted by Gasteiger charge is 2.32. The van der Waals surface area contributed by atoms with E-state index in [1.54, 1.807) is 0 Å². The lowest BCUT2D eigenvalue weighted by atomic mass is 10.3. The highest BCUT2D eigenvalue weighted by molar-refractivity contribution is 7.80. The predicted molar refractivity (Wildman–Crippen MR) is 51.0 cm³/mol. The number of aliphatic imine (C=N–C) groups is 1. The van der Waals surface area contributed by atoms with Crippen molar-refractivity contribution in [2.24, 2.45) is 4.99 Å². The van der Waals surface area contributed by atoms with Gasteiger partial charge in [0, 0.05) is 11.6 Å². The van der Waals surface area contributed by atoms with Crippen LogP contribution in [0.5, 0.6) is 0 Å². The number of hydrogen-bond acceptors (Lipinski definition) is 3. The van der Waals surface area contributed by atoms with Crippen molar-refractivity contribution >= 4 is 29.6 Å². The molecule has 0 aliphatic rings. The lowest BCUT2D eigenvalue weighted by Gasteiger charge is -2.04. The van der Waals surface area contributed by atoms with E-state index < -0.39 is 11.9 Å². The largest absolute Gasteiger partial charge is 0.433 e. The van der Waals surface area contributed by atoms with Gasteiger partial charge in [0.1, 0.15) is 5.69 Å². The van der Waals surface area contributed by atoms with E-state index in [4.69, 9.17) is 0 Å². The number of rotatable bonds is 2. The van der Waals surface area contributed by atoms with Gasteiger partial charge >= 0.3 is 6.18 Å². The molecule has 0 bridgehead atoms. The Morgan fingerprint density at radius 3 is 2.64 bits per heavy atom. The summed E-state index contributed by atoms with van der Waals surface area (Å²) in [4.78, 5) is 6.90. The minimum Gasteiger partial charge on any atom is -0.236 e. The molecule has 0 saturated carbocycles. The molecule has 0 amide bonds. The summed E-state index contributed by atoms with van der Waals surface area (Å²) < 4.78 is 36.4. The zero-order chi connectivity index (χ0) is 10.6. The third-order valence-electron chi connectivity index (χ3n) is 1.29. The van der Waals surface area contributed by atoms with E-state index in [0.29, 0.717) is 0 Å². The number of pyridine rings is 1. The van der Waals surface area contributed by atoms with E-state index in [2.05, 4.69) is 22.2 Å². The summed E-state index contributed by atoms with van der Waals surface area (Å²) in [6.45, 7) is 0. The van der Waals surface area contributed by atoms with Crippen LogP contribution in [0.15, 0.2) is 23.2 Å². The maximum Gasteiger partial charge on any atom is 0.433 e. The molecule has 0 fully saturated rings. The van der Waals surface area contributed by atoms with Crippen molar-refractivity contribution in [3.63, 3.8) is 0 Å². The fraction of sp³-hybridized carbons (Fsp3) is 0.125. The van der Waals surface area contributed by atoms with Gasteiger partial charge in [-0.15, -0.1) is 0 Å². The van der Waals surface area contributed by atoms with Crippen molar-refractivity contribution in [3.8, 4) is 0 Å². The maximum absolute atomic E-state index is 12.1. The summed E-state index contributed by atoms with van der Waals surface area (Å²) in [5.41, 5.74) is -0.962. The van der Waals surface area contributed by atoms with Gasteiger partial charge in [-0.1, -0.05) is 18.3 Å². The Hall–Kier alpha value is -1.30. The first-order valence-electron chi connectivity index (χ1n) is 3.56. The van der Waals surface area contributed by atoms with Gasteiger partial charge in [-0.05, 0) is 12.1 Å². The van der Waals surface area contributed by atoms with E-state index >= 15 is 0 Å². The van der Waals surface area contributed by atoms with Gasteiger partial charge in [-0.25, -0.2) is 9.98 Å². The third kappa shape index (κ3) is 2.88. The van der Waals surface area contributed by atoms with Gasteiger partial charge < -0.3 is 0 Å². The number of aromatic nitrogens is 1. The molecule has 0 atom stereocenters. The fourth-order valence-electron chi connectivity index (χ4n) is 0.760. The highest BCUT2D eigenvalue weighted by atomic mass is 32.1. The van der Waals surface area contributed by atoms with E-state index in [0.717, 1.165) is 6.07 Å². The summed E-state index contributed by atoms with van der Waals surface area (Å²) in [7, 11) is 0. The molecule has 1 rings (SSSR count). The van der Waals surface area contributed by atoms with Crippen LogP contribution in [0.4, 0.5) is 19.0 Å². The zero-order valence-electron chi connectivity index (χ0n) is 6.82. The Morgan fingerprint density at radius 1 is 1.36 bits per heavy atom. The molecule has 0 aromatic carbocycles. The maximum atomic E-state index is 12.1. The molecule has 0 N–H and O–H groups in total. The molecule has 6 heteroatoms. The Balaban J connectivity index is 3.01. The van der Waals surface area contributed by atoms with Crippen LogP contribution in [-0.4, -0.2) is 16.6 Å². The normalized spacial score (nSPS) is 11.9. The van der Waals surface area contributed by atoms with Gasteiger partial charge in [0.05, 0.1) is 0 Å². The third-order valence-corrected chi connectivity index (χ3v) is 1.41. The second-order valence-corrected chi connectivity index (χ2v) is 2.57. The van der Waals surface area contributed by atoms with Crippen LogP contribution in [-0.2, 0) is 6.18 Å². The molecule has 0 spiro atoms. The Labute approximate surface area is 83.5 Å². The lowest BCUT2D eigenvalue weighted by molar-refractivity contribution is -0.141. The number of alkyl halides is 3. The van der Waals surface area contributed by atoms with Crippen LogP contribution >= 0.6 is 12.2 Å². The first-order chi connectivity index (χ1) is 6.54. The van der Waals surface area contributed by atoms with Gasteiger partial charge in [-0.3, -0.25) is 0 Å². The standard InChI is InChI=1S/C8H5F3N2S/c9-8(10,11)6-2-1-3-7(13-6)12-4-5-14/h1-5H. The molecule has 1 heterocycles. The van der Waals surface area contributed by atoms with Crippen molar-refractivity contribution < 1.29 is 13.2 Å². The average Bonchev–Trinajstić information content (AvgIpc) is 2.14. The first kappa shape index (κ1) is 10.8. The molecule has 1 aromatic heterocycles. The van der Waals surface area contributed by atoms with Crippen molar-refractivity contribution in [3.05, 3.63) is 23.9 Å². The van der Waals surface area contributed by atoms with E-state index in [1.807, 2.05) is 0 Å². The van der Waals surface area contributed by atoms with E-state index in [9.17, 15) is 13.2 Å². The van der Waals surface area contributed by atoms with Gasteiger partial charge in [-0.2, -0.15) is 13.2 Å². The van der Waals surface area contributed by atoms with Crippen molar-refractivity contribution in [1.29, 1.82) is 0 Å². The van der Waals surface area contributed by atoms with Gasteiger partial charge in [0.25, 0.3) is 0 Å². The SMILES string of the molecule is FC(F)(F)c1cccc(N=CC=S)n1. The Kier molecular flexibility index (Phi) is 3.29. The molecular weight excluding hydrogens is 213 g/mol. The number of thiocarbonyl (C=S) groups is 1. The molecular formula is C8H5F3N2S.